The average Bonchev–Trinajstić information content (AvgIpc) is 3.90. The fourth-order valence-corrected chi connectivity index (χ4v) is 8.92. The molecule has 3 heterocycles. The predicted octanol–water partition coefficient (Wildman–Crippen LogP) is 14.9. The van der Waals surface area contributed by atoms with Crippen molar-refractivity contribution in [1.29, 1.82) is 0 Å². The van der Waals surface area contributed by atoms with Crippen molar-refractivity contribution in [1.82, 2.24) is 19.5 Å². The fourth-order valence-electron chi connectivity index (χ4n) is 8.92. The molecule has 0 N–H and O–H groups in total. The normalized spacial score (nSPS) is 11.5. The first-order chi connectivity index (χ1) is 30.7. The topological polar surface area (TPSA) is 56.7 Å². The first-order valence-corrected chi connectivity index (χ1v) is 20.8. The molecule has 290 valence electrons. The zero-order valence-corrected chi connectivity index (χ0v) is 33.5. The number of hydrogen-bond donors (Lipinski definition) is 0. The molecule has 0 spiro atoms. The molecular formula is C57H36N4O. The van der Waals surface area contributed by atoms with Gasteiger partial charge in [-0.15, -0.1) is 0 Å². The number of furan rings is 1. The Morgan fingerprint density at radius 2 is 0.839 bits per heavy atom. The summed E-state index contributed by atoms with van der Waals surface area (Å²) in [6.07, 6.45) is 0. The van der Waals surface area contributed by atoms with Crippen molar-refractivity contribution in [2.45, 2.75) is 0 Å². The van der Waals surface area contributed by atoms with Gasteiger partial charge in [-0.05, 0) is 88.0 Å². The highest BCUT2D eigenvalue weighted by Crippen LogP contribution is 2.40. The van der Waals surface area contributed by atoms with E-state index in [0.29, 0.717) is 17.5 Å². The van der Waals surface area contributed by atoms with Crippen LogP contribution >= 0.6 is 0 Å². The zero-order chi connectivity index (χ0) is 41.0. The third kappa shape index (κ3) is 6.14. The predicted molar refractivity (Wildman–Crippen MR) is 254 cm³/mol. The Labute approximate surface area is 357 Å². The number of fused-ring (bicyclic) bond motifs is 6. The van der Waals surface area contributed by atoms with Gasteiger partial charge in [0.1, 0.15) is 11.2 Å². The molecule has 62 heavy (non-hydrogen) atoms. The summed E-state index contributed by atoms with van der Waals surface area (Å²) in [5.41, 5.74) is 14.4. The molecule has 0 atom stereocenters. The van der Waals surface area contributed by atoms with Crippen molar-refractivity contribution in [3.8, 4) is 73.2 Å². The average molecular weight is 793 g/mol. The first-order valence-electron chi connectivity index (χ1n) is 20.8. The van der Waals surface area contributed by atoms with Crippen LogP contribution in [0.4, 0.5) is 0 Å². The largest absolute Gasteiger partial charge is 0.456 e. The molecule has 0 fully saturated rings. The van der Waals surface area contributed by atoms with Crippen molar-refractivity contribution in [2.24, 2.45) is 0 Å². The minimum atomic E-state index is 0.599. The van der Waals surface area contributed by atoms with Gasteiger partial charge in [0.15, 0.2) is 17.5 Å². The van der Waals surface area contributed by atoms with E-state index < -0.39 is 0 Å². The van der Waals surface area contributed by atoms with Gasteiger partial charge in [-0.3, -0.25) is 0 Å². The lowest BCUT2D eigenvalue weighted by molar-refractivity contribution is 0.669. The Balaban J connectivity index is 1.04. The summed E-state index contributed by atoms with van der Waals surface area (Å²) < 4.78 is 8.66. The van der Waals surface area contributed by atoms with Crippen molar-refractivity contribution < 1.29 is 4.42 Å². The Morgan fingerprint density at radius 1 is 0.306 bits per heavy atom. The quantitative estimate of drug-likeness (QED) is 0.161. The van der Waals surface area contributed by atoms with Gasteiger partial charge in [-0.25, -0.2) is 15.0 Å². The standard InChI is InChI=1S/C57H36N4O/c1-4-16-37(17-5-1)42-32-43(38-18-6-2-7-19-38)34-44(33-42)57-59-55(39-20-8-3-9-21-39)58-56(60-57)41-22-14-23-45(35-41)61-50-27-12-10-24-47(50)48-31-30-40(36-51(48)61)46-26-15-29-53-54(46)49-25-11-13-28-52(49)62-53/h1-36H. The first kappa shape index (κ1) is 35.5. The maximum absolute atomic E-state index is 6.30. The van der Waals surface area contributed by atoms with Crippen molar-refractivity contribution >= 4 is 43.7 Å². The molecule has 12 rings (SSSR count). The third-order valence-corrected chi connectivity index (χ3v) is 11.8. The molecule has 3 aromatic heterocycles. The Hall–Kier alpha value is -8.41. The van der Waals surface area contributed by atoms with Gasteiger partial charge >= 0.3 is 0 Å². The summed E-state index contributed by atoms with van der Waals surface area (Å²) >= 11 is 0. The molecule has 12 aromatic rings. The fraction of sp³-hybridized carbons (Fsp3) is 0. The molecular weight excluding hydrogens is 757 g/mol. The maximum Gasteiger partial charge on any atom is 0.164 e. The minimum absolute atomic E-state index is 0.599. The van der Waals surface area contributed by atoms with E-state index in [1.54, 1.807) is 0 Å². The molecule has 0 saturated heterocycles. The van der Waals surface area contributed by atoms with Crippen molar-refractivity contribution in [2.75, 3.05) is 0 Å². The van der Waals surface area contributed by atoms with Crippen LogP contribution in [0, 0.1) is 0 Å². The Morgan fingerprint density at radius 3 is 1.56 bits per heavy atom. The number of nitrogens with zero attached hydrogens (tertiary/aromatic N) is 4. The highest BCUT2D eigenvalue weighted by Gasteiger charge is 2.19. The summed E-state index contributed by atoms with van der Waals surface area (Å²) in [5, 5.41) is 4.60. The lowest BCUT2D eigenvalue weighted by Gasteiger charge is -2.13. The molecule has 5 nitrogen and oxygen atoms in total. The third-order valence-electron chi connectivity index (χ3n) is 11.8. The zero-order valence-electron chi connectivity index (χ0n) is 33.5. The lowest BCUT2D eigenvalue weighted by atomic mass is 9.96. The molecule has 0 radical (unpaired) electrons. The van der Waals surface area contributed by atoms with Gasteiger partial charge in [0.2, 0.25) is 0 Å². The van der Waals surface area contributed by atoms with E-state index in [2.05, 4.69) is 180 Å². The molecule has 0 amide bonds. The van der Waals surface area contributed by atoms with Crippen molar-refractivity contribution in [3.05, 3.63) is 218 Å². The molecule has 9 aromatic carbocycles. The van der Waals surface area contributed by atoms with E-state index >= 15 is 0 Å². The maximum atomic E-state index is 6.30. The number of benzene rings is 9. The second kappa shape index (κ2) is 14.7. The van der Waals surface area contributed by atoms with Crippen LogP contribution in [0.25, 0.3) is 117 Å². The SMILES string of the molecule is c1ccc(-c2cc(-c3ccccc3)cc(-c3nc(-c4ccccc4)nc(-c4cccc(-n5c6ccccc6c6ccc(-c7cccc8oc9ccccc9c78)cc65)c4)n3)c2)cc1. The van der Waals surface area contributed by atoms with Crippen LogP contribution in [0.5, 0.6) is 0 Å². The summed E-state index contributed by atoms with van der Waals surface area (Å²) in [6.45, 7) is 0. The number of aromatic nitrogens is 4. The molecule has 5 heteroatoms. The molecule has 0 aliphatic rings. The lowest BCUT2D eigenvalue weighted by Crippen LogP contribution is -2.01. The van der Waals surface area contributed by atoms with Crippen LogP contribution in [-0.4, -0.2) is 19.5 Å². The van der Waals surface area contributed by atoms with E-state index in [1.165, 1.54) is 10.8 Å². The smallest absolute Gasteiger partial charge is 0.164 e. The van der Waals surface area contributed by atoms with Gasteiger partial charge in [-0.1, -0.05) is 164 Å². The van der Waals surface area contributed by atoms with Gasteiger partial charge < -0.3 is 8.98 Å². The van der Waals surface area contributed by atoms with Crippen molar-refractivity contribution in [3.63, 3.8) is 0 Å². The monoisotopic (exact) mass is 792 g/mol. The Bertz CT molecular complexity index is 3570. The molecule has 0 aliphatic carbocycles. The van der Waals surface area contributed by atoms with Crippen LogP contribution in [0.1, 0.15) is 0 Å². The summed E-state index contributed by atoms with van der Waals surface area (Å²) in [7, 11) is 0. The van der Waals surface area contributed by atoms with E-state index in [4.69, 9.17) is 19.4 Å². The van der Waals surface area contributed by atoms with E-state index in [0.717, 1.165) is 88.7 Å². The second-order valence-corrected chi connectivity index (χ2v) is 15.6. The molecule has 0 aliphatic heterocycles. The summed E-state index contributed by atoms with van der Waals surface area (Å²) in [4.78, 5) is 15.6. The molecule has 0 unspecified atom stereocenters. The van der Waals surface area contributed by atoms with Gasteiger partial charge in [0.25, 0.3) is 0 Å². The minimum Gasteiger partial charge on any atom is -0.456 e. The summed E-state index contributed by atoms with van der Waals surface area (Å²) in [5.74, 6) is 1.82. The van der Waals surface area contributed by atoms with Crippen LogP contribution in [0.3, 0.4) is 0 Å². The Kier molecular flexibility index (Phi) is 8.42. The van der Waals surface area contributed by atoms with Crippen LogP contribution in [0.2, 0.25) is 0 Å². The number of hydrogen-bond acceptors (Lipinski definition) is 4. The molecule has 0 bridgehead atoms. The van der Waals surface area contributed by atoms with Crippen LogP contribution in [-0.2, 0) is 0 Å². The highest BCUT2D eigenvalue weighted by atomic mass is 16.3. The van der Waals surface area contributed by atoms with Gasteiger partial charge in [0, 0.05) is 43.9 Å². The highest BCUT2D eigenvalue weighted by molar-refractivity contribution is 6.14. The van der Waals surface area contributed by atoms with Gasteiger partial charge in [-0.2, -0.15) is 0 Å². The molecule has 0 saturated carbocycles. The summed E-state index contributed by atoms with van der Waals surface area (Å²) in [6, 6.07) is 76.4. The number of rotatable bonds is 7. The van der Waals surface area contributed by atoms with Crippen LogP contribution < -0.4 is 0 Å². The van der Waals surface area contributed by atoms with Crippen LogP contribution in [0.15, 0.2) is 223 Å². The van der Waals surface area contributed by atoms with E-state index in [1.807, 2.05) is 42.5 Å². The van der Waals surface area contributed by atoms with E-state index in [-0.39, 0.29) is 0 Å². The van der Waals surface area contributed by atoms with Gasteiger partial charge in [0.05, 0.1) is 11.0 Å². The second-order valence-electron chi connectivity index (χ2n) is 15.6. The van der Waals surface area contributed by atoms with E-state index in [9.17, 15) is 0 Å². The number of para-hydroxylation sites is 2.